The van der Waals surface area contributed by atoms with Crippen molar-refractivity contribution in [3.05, 3.63) is 23.8 Å². The van der Waals surface area contributed by atoms with Crippen LogP contribution in [0.3, 0.4) is 0 Å². The van der Waals surface area contributed by atoms with Crippen molar-refractivity contribution in [3.63, 3.8) is 0 Å². The van der Waals surface area contributed by atoms with Gasteiger partial charge in [-0.25, -0.2) is 0 Å². The zero-order valence-electron chi connectivity index (χ0n) is 12.0. The van der Waals surface area contributed by atoms with Crippen molar-refractivity contribution in [1.29, 1.82) is 0 Å². The Bertz CT molecular complexity index is 463. The Labute approximate surface area is 120 Å². The maximum Gasteiger partial charge on any atom is 0.161 e. The predicted molar refractivity (Wildman–Crippen MR) is 77.3 cm³/mol. The zero-order chi connectivity index (χ0) is 13.9. The lowest BCUT2D eigenvalue weighted by molar-refractivity contribution is 0.138. The van der Waals surface area contributed by atoms with Gasteiger partial charge in [-0.1, -0.05) is 6.07 Å². The predicted octanol–water partition coefficient (Wildman–Crippen LogP) is 2.37. The third-order valence-corrected chi connectivity index (χ3v) is 4.33. The van der Waals surface area contributed by atoms with E-state index in [-0.39, 0.29) is 0 Å². The summed E-state index contributed by atoms with van der Waals surface area (Å²) in [4.78, 5) is 2.46. The van der Waals surface area contributed by atoms with Crippen LogP contribution in [0.15, 0.2) is 18.2 Å². The van der Waals surface area contributed by atoms with Crippen LogP contribution in [-0.4, -0.2) is 42.4 Å². The molecule has 2 atom stereocenters. The van der Waals surface area contributed by atoms with E-state index in [2.05, 4.69) is 11.8 Å². The second-order valence-corrected chi connectivity index (χ2v) is 5.73. The Morgan fingerprint density at radius 1 is 1.30 bits per heavy atom. The van der Waals surface area contributed by atoms with Crippen molar-refractivity contribution in [3.8, 4) is 11.5 Å². The molecule has 4 nitrogen and oxygen atoms in total. The average Bonchev–Trinajstić information content (AvgIpc) is 2.89. The monoisotopic (exact) mass is 277 g/mol. The van der Waals surface area contributed by atoms with Crippen LogP contribution in [0.4, 0.5) is 0 Å². The Hall–Kier alpha value is -1.26. The number of rotatable bonds is 4. The zero-order valence-corrected chi connectivity index (χ0v) is 12.0. The number of hydrogen-bond donors (Lipinski definition) is 1. The van der Waals surface area contributed by atoms with Gasteiger partial charge in [0.25, 0.3) is 0 Å². The fourth-order valence-electron chi connectivity index (χ4n) is 3.05. The first-order chi connectivity index (χ1) is 9.74. The molecule has 0 bridgehead atoms. The minimum absolute atomic E-state index is 0.432. The number of fused-ring (bicyclic) bond motifs is 1. The molecule has 1 N–H and O–H groups in total. The SMILES string of the molecule is C[C@@H]1CCCN1CC[C@@H](O)c1ccc2c(c1)OCCO2. The van der Waals surface area contributed by atoms with E-state index in [4.69, 9.17) is 9.47 Å². The average molecular weight is 277 g/mol. The van der Waals surface area contributed by atoms with Crippen molar-refractivity contribution < 1.29 is 14.6 Å². The highest BCUT2D eigenvalue weighted by Gasteiger charge is 2.21. The first-order valence-corrected chi connectivity index (χ1v) is 7.56. The molecular weight excluding hydrogens is 254 g/mol. The lowest BCUT2D eigenvalue weighted by Crippen LogP contribution is -2.28. The third-order valence-electron chi connectivity index (χ3n) is 4.33. The second kappa shape index (κ2) is 6.02. The summed E-state index contributed by atoms with van der Waals surface area (Å²) in [6.45, 7) is 5.56. The van der Waals surface area contributed by atoms with Gasteiger partial charge in [-0.15, -0.1) is 0 Å². The van der Waals surface area contributed by atoms with Crippen LogP contribution in [0.1, 0.15) is 37.9 Å². The first kappa shape index (κ1) is 13.7. The van der Waals surface area contributed by atoms with Gasteiger partial charge in [-0.3, -0.25) is 0 Å². The smallest absolute Gasteiger partial charge is 0.161 e. The van der Waals surface area contributed by atoms with Gasteiger partial charge in [-0.2, -0.15) is 0 Å². The van der Waals surface area contributed by atoms with Gasteiger partial charge >= 0.3 is 0 Å². The Kier molecular flexibility index (Phi) is 4.13. The van der Waals surface area contributed by atoms with Crippen LogP contribution < -0.4 is 9.47 Å². The topological polar surface area (TPSA) is 41.9 Å². The molecule has 1 aromatic rings. The summed E-state index contributed by atoms with van der Waals surface area (Å²) in [5.41, 5.74) is 0.918. The van der Waals surface area contributed by atoms with E-state index in [0.717, 1.165) is 36.6 Å². The van der Waals surface area contributed by atoms with E-state index in [1.54, 1.807) is 0 Å². The maximum absolute atomic E-state index is 10.3. The number of benzene rings is 1. The van der Waals surface area contributed by atoms with Crippen molar-refractivity contribution in [2.45, 2.75) is 38.3 Å². The van der Waals surface area contributed by atoms with E-state index >= 15 is 0 Å². The number of aliphatic hydroxyl groups excluding tert-OH is 1. The highest BCUT2D eigenvalue weighted by molar-refractivity contribution is 5.44. The highest BCUT2D eigenvalue weighted by Crippen LogP contribution is 2.33. The van der Waals surface area contributed by atoms with Gasteiger partial charge in [-0.05, 0) is 50.4 Å². The lowest BCUT2D eigenvalue weighted by Gasteiger charge is -2.23. The summed E-state index contributed by atoms with van der Waals surface area (Å²) in [6.07, 6.45) is 2.89. The molecule has 1 fully saturated rings. The standard InChI is InChI=1S/C16H23NO3/c1-12-3-2-7-17(12)8-6-14(18)13-4-5-15-16(11-13)20-10-9-19-15/h4-5,11-12,14,18H,2-3,6-10H2,1H3/t12-,14-/m1/s1. The van der Waals surface area contributed by atoms with Crippen LogP contribution in [0, 0.1) is 0 Å². The van der Waals surface area contributed by atoms with Crippen LogP contribution in [0.2, 0.25) is 0 Å². The summed E-state index contributed by atoms with van der Waals surface area (Å²) < 4.78 is 11.1. The number of nitrogens with zero attached hydrogens (tertiary/aromatic N) is 1. The molecule has 0 unspecified atom stereocenters. The molecule has 1 saturated heterocycles. The molecule has 0 saturated carbocycles. The molecule has 110 valence electrons. The molecule has 3 rings (SSSR count). The largest absolute Gasteiger partial charge is 0.486 e. The van der Waals surface area contributed by atoms with E-state index in [1.807, 2.05) is 18.2 Å². The Morgan fingerprint density at radius 3 is 2.85 bits per heavy atom. The van der Waals surface area contributed by atoms with Gasteiger partial charge < -0.3 is 19.5 Å². The number of aliphatic hydroxyl groups is 1. The molecule has 2 aliphatic heterocycles. The van der Waals surface area contributed by atoms with E-state index in [0.29, 0.717) is 19.3 Å². The summed E-state index contributed by atoms with van der Waals surface area (Å²) in [7, 11) is 0. The molecule has 2 heterocycles. The second-order valence-electron chi connectivity index (χ2n) is 5.73. The van der Waals surface area contributed by atoms with Gasteiger partial charge in [0, 0.05) is 12.6 Å². The lowest BCUT2D eigenvalue weighted by atomic mass is 10.1. The third kappa shape index (κ3) is 2.91. The normalized spacial score (nSPS) is 23.8. The molecule has 0 amide bonds. The summed E-state index contributed by atoms with van der Waals surface area (Å²) in [5, 5.41) is 10.3. The fourth-order valence-corrected chi connectivity index (χ4v) is 3.05. The summed E-state index contributed by atoms with van der Waals surface area (Å²) in [6, 6.07) is 6.39. The molecule has 0 radical (unpaired) electrons. The maximum atomic E-state index is 10.3. The molecule has 1 aromatic carbocycles. The van der Waals surface area contributed by atoms with Gasteiger partial charge in [0.15, 0.2) is 11.5 Å². The Balaban J connectivity index is 1.60. The van der Waals surface area contributed by atoms with Crippen LogP contribution in [0.25, 0.3) is 0 Å². The Morgan fingerprint density at radius 2 is 2.10 bits per heavy atom. The van der Waals surface area contributed by atoms with Crippen LogP contribution in [-0.2, 0) is 0 Å². The van der Waals surface area contributed by atoms with Gasteiger partial charge in [0.2, 0.25) is 0 Å². The van der Waals surface area contributed by atoms with E-state index in [9.17, 15) is 5.11 Å². The van der Waals surface area contributed by atoms with E-state index < -0.39 is 6.10 Å². The molecular formula is C16H23NO3. The van der Waals surface area contributed by atoms with Crippen molar-refractivity contribution >= 4 is 0 Å². The minimum Gasteiger partial charge on any atom is -0.486 e. The summed E-state index contributed by atoms with van der Waals surface area (Å²) in [5.74, 6) is 1.53. The minimum atomic E-state index is -0.432. The number of hydrogen-bond acceptors (Lipinski definition) is 4. The van der Waals surface area contributed by atoms with Crippen LogP contribution in [0.5, 0.6) is 11.5 Å². The van der Waals surface area contributed by atoms with Gasteiger partial charge in [0.05, 0.1) is 6.10 Å². The number of ether oxygens (including phenoxy) is 2. The molecule has 0 spiro atoms. The number of likely N-dealkylation sites (tertiary alicyclic amines) is 1. The summed E-state index contributed by atoms with van der Waals surface area (Å²) >= 11 is 0. The fraction of sp³-hybridized carbons (Fsp3) is 0.625. The highest BCUT2D eigenvalue weighted by atomic mass is 16.6. The molecule has 4 heteroatoms. The van der Waals surface area contributed by atoms with Crippen molar-refractivity contribution in [2.24, 2.45) is 0 Å². The van der Waals surface area contributed by atoms with E-state index in [1.165, 1.54) is 12.8 Å². The molecule has 0 aromatic heterocycles. The molecule has 20 heavy (non-hydrogen) atoms. The first-order valence-electron chi connectivity index (χ1n) is 7.56. The quantitative estimate of drug-likeness (QED) is 0.917. The molecule has 2 aliphatic rings. The molecule has 0 aliphatic carbocycles. The van der Waals surface area contributed by atoms with Crippen LogP contribution >= 0.6 is 0 Å². The van der Waals surface area contributed by atoms with Crippen molar-refractivity contribution in [1.82, 2.24) is 4.90 Å². The van der Waals surface area contributed by atoms with Gasteiger partial charge in [0.1, 0.15) is 13.2 Å². The van der Waals surface area contributed by atoms with Crippen molar-refractivity contribution in [2.75, 3.05) is 26.3 Å².